The number of anilines is 3. The number of benzene rings is 1. The first-order valence-corrected chi connectivity index (χ1v) is 14.8. The van der Waals surface area contributed by atoms with Crippen molar-refractivity contribution in [2.75, 3.05) is 57.6 Å². The van der Waals surface area contributed by atoms with Crippen LogP contribution in [-0.2, 0) is 11.2 Å². The zero-order valence-corrected chi connectivity index (χ0v) is 24.9. The second kappa shape index (κ2) is 11.5. The summed E-state index contributed by atoms with van der Waals surface area (Å²) in [5.74, 6) is 0.569. The van der Waals surface area contributed by atoms with Gasteiger partial charge in [-0.2, -0.15) is 9.78 Å². The van der Waals surface area contributed by atoms with Gasteiger partial charge in [0, 0.05) is 45.8 Å². The molecule has 0 saturated carbocycles. The molecule has 40 heavy (non-hydrogen) atoms. The Labute approximate surface area is 240 Å². The van der Waals surface area contributed by atoms with Gasteiger partial charge in [-0.15, -0.1) is 5.10 Å². The highest BCUT2D eigenvalue weighted by Crippen LogP contribution is 2.38. The molecule has 4 aromatic rings. The van der Waals surface area contributed by atoms with Gasteiger partial charge in [0.25, 0.3) is 0 Å². The highest BCUT2D eigenvalue weighted by atomic mass is 32.1. The van der Waals surface area contributed by atoms with Gasteiger partial charge in [-0.05, 0) is 50.6 Å². The number of fused-ring (bicyclic) bond motifs is 1. The summed E-state index contributed by atoms with van der Waals surface area (Å²) in [6, 6.07) is 8.50. The van der Waals surface area contributed by atoms with Gasteiger partial charge in [-0.3, -0.25) is 9.69 Å². The fourth-order valence-corrected chi connectivity index (χ4v) is 6.66. The number of rotatable bonds is 8. The molecule has 1 fully saturated rings. The molecule has 13 heteroatoms. The van der Waals surface area contributed by atoms with Gasteiger partial charge in [-0.25, -0.2) is 14.4 Å². The van der Waals surface area contributed by atoms with Crippen LogP contribution >= 0.6 is 22.7 Å². The average molecular weight is 582 g/mol. The van der Waals surface area contributed by atoms with Crippen molar-refractivity contribution in [3.63, 3.8) is 0 Å². The monoisotopic (exact) mass is 581 g/mol. The molecule has 3 aromatic heterocycles. The Morgan fingerprint density at radius 2 is 1.93 bits per heavy atom. The first-order valence-electron chi connectivity index (χ1n) is 13.1. The molecule has 0 N–H and O–H groups in total. The van der Waals surface area contributed by atoms with Crippen molar-refractivity contribution < 1.29 is 9.18 Å². The number of piperidine rings is 1. The van der Waals surface area contributed by atoms with E-state index in [1.807, 2.05) is 23.5 Å². The Morgan fingerprint density at radius 3 is 2.60 bits per heavy atom. The molecule has 210 valence electrons. The van der Waals surface area contributed by atoms with E-state index >= 15 is 0 Å². The molecule has 1 saturated heterocycles. The van der Waals surface area contributed by atoms with Gasteiger partial charge < -0.3 is 14.7 Å². The van der Waals surface area contributed by atoms with Crippen molar-refractivity contribution in [2.45, 2.75) is 32.2 Å². The molecule has 1 unspecified atom stereocenters. The Bertz CT molecular complexity index is 1550. The van der Waals surface area contributed by atoms with Gasteiger partial charge in [-0.1, -0.05) is 29.6 Å². The van der Waals surface area contributed by atoms with E-state index in [4.69, 9.17) is 15.1 Å². The lowest BCUT2D eigenvalue weighted by molar-refractivity contribution is -0.130. The number of halogens is 1. The van der Waals surface area contributed by atoms with Crippen molar-refractivity contribution in [3.8, 4) is 17.3 Å². The molecule has 1 aliphatic heterocycles. The van der Waals surface area contributed by atoms with Crippen LogP contribution in [-0.4, -0.2) is 89.2 Å². The van der Waals surface area contributed by atoms with E-state index in [0.29, 0.717) is 34.2 Å². The molecule has 10 nitrogen and oxygen atoms in total. The molecule has 1 aromatic carbocycles. The van der Waals surface area contributed by atoms with Crippen molar-refractivity contribution in [1.82, 2.24) is 29.4 Å². The van der Waals surface area contributed by atoms with E-state index in [1.54, 1.807) is 42.5 Å². The van der Waals surface area contributed by atoms with E-state index in [1.165, 1.54) is 23.5 Å². The predicted octanol–water partition coefficient (Wildman–Crippen LogP) is 4.24. The third-order valence-corrected chi connectivity index (χ3v) is 9.19. The number of likely N-dealkylation sites (N-methyl/N-ethyl adjacent to an activating group) is 2. The molecule has 1 atom stereocenters. The fourth-order valence-electron chi connectivity index (χ4n) is 4.86. The number of hydrogen-bond acceptors (Lipinski definition) is 10. The third kappa shape index (κ3) is 5.39. The van der Waals surface area contributed by atoms with E-state index in [-0.39, 0.29) is 17.8 Å². The minimum absolute atomic E-state index is 0.0939. The fraction of sp³-hybridized carbons (Fsp3) is 0.444. The quantitative estimate of drug-likeness (QED) is 0.305. The highest BCUT2D eigenvalue weighted by molar-refractivity contribution is 7.20. The number of nitriles is 1. The second-order valence-corrected chi connectivity index (χ2v) is 12.0. The summed E-state index contributed by atoms with van der Waals surface area (Å²) < 4.78 is 15.4. The zero-order chi connectivity index (χ0) is 28.6. The minimum atomic E-state index is -0.336. The van der Waals surface area contributed by atoms with Crippen LogP contribution in [0.2, 0.25) is 0 Å². The number of nitrogens with zero attached hydrogens (tertiary/aromatic N) is 9. The molecule has 1 amide bonds. The summed E-state index contributed by atoms with van der Waals surface area (Å²) >= 11 is 2.84. The number of amides is 1. The topological polar surface area (TPSA) is 96.9 Å². The lowest BCUT2D eigenvalue weighted by Crippen LogP contribution is -2.49. The number of aryl methyl sites for hydroxylation is 1. The summed E-state index contributed by atoms with van der Waals surface area (Å²) in [6.45, 7) is 4.13. The molecule has 0 radical (unpaired) electrons. The minimum Gasteiger partial charge on any atom is -0.348 e. The number of carbonyl (C=O) groups excluding carboxylic acids is 1. The van der Waals surface area contributed by atoms with Gasteiger partial charge in [0.15, 0.2) is 10.9 Å². The predicted molar refractivity (Wildman–Crippen MR) is 157 cm³/mol. The largest absolute Gasteiger partial charge is 0.348 e. The van der Waals surface area contributed by atoms with Crippen LogP contribution in [0.3, 0.4) is 0 Å². The van der Waals surface area contributed by atoms with Crippen LogP contribution in [0.1, 0.15) is 30.3 Å². The maximum Gasteiger partial charge on any atom is 0.236 e. The van der Waals surface area contributed by atoms with Crippen LogP contribution in [0.25, 0.3) is 16.2 Å². The summed E-state index contributed by atoms with van der Waals surface area (Å²) in [5, 5.41) is 16.3. The maximum atomic E-state index is 13.5. The summed E-state index contributed by atoms with van der Waals surface area (Å²) in [5.41, 5.74) is 2.11. The Balaban J connectivity index is 1.43. The van der Waals surface area contributed by atoms with Crippen LogP contribution in [0.15, 0.2) is 24.3 Å². The number of carbonyl (C=O) groups is 1. The van der Waals surface area contributed by atoms with Crippen molar-refractivity contribution in [3.05, 3.63) is 40.7 Å². The smallest absolute Gasteiger partial charge is 0.236 e. The van der Waals surface area contributed by atoms with Crippen molar-refractivity contribution in [1.29, 1.82) is 5.26 Å². The third-order valence-electron chi connectivity index (χ3n) is 7.19. The summed E-state index contributed by atoms with van der Waals surface area (Å²) in [4.78, 5) is 31.1. The Morgan fingerprint density at radius 1 is 1.18 bits per heavy atom. The molecule has 0 spiro atoms. The molecule has 5 rings (SSSR count). The molecule has 4 heterocycles. The summed E-state index contributed by atoms with van der Waals surface area (Å²) in [7, 11) is 7.48. The molecular weight excluding hydrogens is 549 g/mol. The lowest BCUT2D eigenvalue weighted by atomic mass is 10.1. The first kappa shape index (κ1) is 27.9. The van der Waals surface area contributed by atoms with E-state index in [2.05, 4.69) is 22.8 Å². The van der Waals surface area contributed by atoms with Gasteiger partial charge in [0.2, 0.25) is 16.0 Å². The van der Waals surface area contributed by atoms with Crippen LogP contribution in [0, 0.1) is 17.1 Å². The standard InChI is InChI=1S/C27H32FN9OS2/c1-6-20-24(35(5)25-31-23(21(14-29)39-25)17-9-11-18(28)12-10-17)37-26(30-20)40-27(32-37)36-13-7-8-19(15-36)34(4)16-22(38)33(2)3/h9-12,19H,6-8,13,15-16H2,1-5H3. The van der Waals surface area contributed by atoms with E-state index in [0.717, 1.165) is 47.5 Å². The zero-order valence-electron chi connectivity index (χ0n) is 23.3. The number of aromatic nitrogens is 4. The van der Waals surface area contributed by atoms with E-state index in [9.17, 15) is 14.4 Å². The van der Waals surface area contributed by atoms with E-state index < -0.39 is 0 Å². The van der Waals surface area contributed by atoms with Crippen molar-refractivity contribution >= 4 is 49.6 Å². The van der Waals surface area contributed by atoms with Gasteiger partial charge in [0.05, 0.1) is 12.2 Å². The Hall–Kier alpha value is -3.60. The van der Waals surface area contributed by atoms with Crippen LogP contribution in [0.4, 0.5) is 20.5 Å². The molecule has 0 aliphatic carbocycles. The number of thiazole rings is 1. The molecular formula is C27H32FN9OS2. The first-order chi connectivity index (χ1) is 19.2. The SMILES string of the molecule is CCc1nc2sc(N3CCCC(N(C)CC(=O)N(C)C)C3)nn2c1N(C)c1nc(-c2ccc(F)cc2)c(C#N)s1. The normalized spacial score (nSPS) is 15.6. The Kier molecular flexibility index (Phi) is 8.02. The maximum absolute atomic E-state index is 13.5. The second-order valence-electron chi connectivity index (χ2n) is 10.1. The number of imidazole rings is 1. The molecule has 0 bridgehead atoms. The van der Waals surface area contributed by atoms with Crippen LogP contribution < -0.4 is 9.80 Å². The summed E-state index contributed by atoms with van der Waals surface area (Å²) in [6.07, 6.45) is 2.76. The average Bonchev–Trinajstić information content (AvgIpc) is 3.65. The van der Waals surface area contributed by atoms with Gasteiger partial charge in [0.1, 0.15) is 22.5 Å². The van der Waals surface area contributed by atoms with Gasteiger partial charge >= 0.3 is 0 Å². The number of hydrogen-bond donors (Lipinski definition) is 0. The van der Waals surface area contributed by atoms with Crippen LogP contribution in [0.5, 0.6) is 0 Å². The highest BCUT2D eigenvalue weighted by Gasteiger charge is 2.29. The van der Waals surface area contributed by atoms with Crippen molar-refractivity contribution in [2.24, 2.45) is 0 Å². The lowest BCUT2D eigenvalue weighted by Gasteiger charge is -2.37. The molecule has 1 aliphatic rings.